The second kappa shape index (κ2) is 4.47. The van der Waals surface area contributed by atoms with E-state index in [2.05, 4.69) is 38.8 Å². The fourth-order valence-electron chi connectivity index (χ4n) is 1.79. The molecule has 0 saturated heterocycles. The summed E-state index contributed by atoms with van der Waals surface area (Å²) in [5.74, 6) is 0.645. The van der Waals surface area contributed by atoms with Crippen molar-refractivity contribution >= 4 is 5.84 Å². The van der Waals surface area contributed by atoms with E-state index in [1.54, 1.807) is 0 Å². The lowest BCUT2D eigenvalue weighted by Crippen LogP contribution is -2.06. The Labute approximate surface area is 92.2 Å². The standard InChI is InChI=1S/C13H20N2/c1-8-6-9(2)13(7-15-12(5)14)11(4)10(8)3/h6H,7H2,1-5H3,(H2,14,15). The summed E-state index contributed by atoms with van der Waals surface area (Å²) in [5.41, 5.74) is 12.2. The van der Waals surface area contributed by atoms with Crippen LogP contribution in [0.4, 0.5) is 0 Å². The van der Waals surface area contributed by atoms with Crippen LogP contribution >= 0.6 is 0 Å². The van der Waals surface area contributed by atoms with E-state index < -0.39 is 0 Å². The van der Waals surface area contributed by atoms with Crippen molar-refractivity contribution in [2.24, 2.45) is 10.7 Å². The third-order valence-corrected chi connectivity index (χ3v) is 3.00. The van der Waals surface area contributed by atoms with Crippen molar-refractivity contribution in [3.8, 4) is 0 Å². The molecule has 1 aromatic rings. The maximum atomic E-state index is 5.56. The lowest BCUT2D eigenvalue weighted by Gasteiger charge is -2.13. The number of hydrogen-bond acceptors (Lipinski definition) is 1. The molecule has 0 saturated carbocycles. The van der Waals surface area contributed by atoms with Gasteiger partial charge in [0, 0.05) is 0 Å². The molecule has 0 aliphatic rings. The van der Waals surface area contributed by atoms with E-state index in [0.29, 0.717) is 12.4 Å². The van der Waals surface area contributed by atoms with Crippen LogP contribution in [0.3, 0.4) is 0 Å². The average molecular weight is 204 g/mol. The summed E-state index contributed by atoms with van der Waals surface area (Å²) in [5, 5.41) is 0. The molecule has 1 aromatic carbocycles. The summed E-state index contributed by atoms with van der Waals surface area (Å²) < 4.78 is 0. The average Bonchev–Trinajstić information content (AvgIpc) is 2.14. The van der Waals surface area contributed by atoms with Crippen LogP contribution in [0.1, 0.15) is 34.7 Å². The Morgan fingerprint density at radius 1 is 1.13 bits per heavy atom. The largest absolute Gasteiger partial charge is 0.388 e. The zero-order chi connectivity index (χ0) is 11.6. The minimum atomic E-state index is 0.645. The highest BCUT2D eigenvalue weighted by Crippen LogP contribution is 2.22. The minimum Gasteiger partial charge on any atom is -0.388 e. The number of rotatable bonds is 2. The van der Waals surface area contributed by atoms with Gasteiger partial charge in [0.15, 0.2) is 0 Å². The summed E-state index contributed by atoms with van der Waals surface area (Å²) in [4.78, 5) is 4.28. The van der Waals surface area contributed by atoms with Crippen LogP contribution in [0, 0.1) is 27.7 Å². The van der Waals surface area contributed by atoms with Crippen LogP contribution in [0.15, 0.2) is 11.1 Å². The SMILES string of the molecule is CC(N)=NCc1c(C)cc(C)c(C)c1C. The Bertz CT molecular complexity index is 399. The summed E-state index contributed by atoms with van der Waals surface area (Å²) in [6.45, 7) is 11.1. The Morgan fingerprint density at radius 2 is 1.73 bits per heavy atom. The number of nitrogens with two attached hydrogens (primary N) is 1. The van der Waals surface area contributed by atoms with Gasteiger partial charge in [-0.15, -0.1) is 0 Å². The highest BCUT2D eigenvalue weighted by Gasteiger charge is 2.06. The zero-order valence-electron chi connectivity index (χ0n) is 10.3. The van der Waals surface area contributed by atoms with Crippen LogP contribution < -0.4 is 5.73 Å². The second-order valence-corrected chi connectivity index (χ2v) is 4.20. The molecular formula is C13H20N2. The van der Waals surface area contributed by atoms with Crippen LogP contribution in [0.25, 0.3) is 0 Å². The lowest BCUT2D eigenvalue weighted by molar-refractivity contribution is 1.00. The van der Waals surface area contributed by atoms with Gasteiger partial charge in [0.05, 0.1) is 12.4 Å². The van der Waals surface area contributed by atoms with E-state index in [9.17, 15) is 0 Å². The van der Waals surface area contributed by atoms with Gasteiger partial charge in [-0.3, -0.25) is 4.99 Å². The first-order chi connectivity index (χ1) is 6.93. The predicted molar refractivity (Wildman–Crippen MR) is 66.4 cm³/mol. The topological polar surface area (TPSA) is 38.4 Å². The maximum absolute atomic E-state index is 5.56. The molecule has 0 bridgehead atoms. The van der Waals surface area contributed by atoms with E-state index in [1.807, 2.05) is 6.92 Å². The summed E-state index contributed by atoms with van der Waals surface area (Å²) in [6.07, 6.45) is 0. The van der Waals surface area contributed by atoms with Gasteiger partial charge in [-0.05, 0) is 62.4 Å². The fourth-order valence-corrected chi connectivity index (χ4v) is 1.79. The third kappa shape index (κ3) is 2.58. The van der Waals surface area contributed by atoms with Gasteiger partial charge in [-0.25, -0.2) is 0 Å². The highest BCUT2D eigenvalue weighted by atomic mass is 14.8. The fraction of sp³-hybridized carbons (Fsp3) is 0.462. The molecule has 2 nitrogen and oxygen atoms in total. The molecule has 0 radical (unpaired) electrons. The molecule has 0 aromatic heterocycles. The van der Waals surface area contributed by atoms with Crippen molar-refractivity contribution < 1.29 is 0 Å². The number of hydrogen-bond donors (Lipinski definition) is 1. The quantitative estimate of drug-likeness (QED) is 0.584. The van der Waals surface area contributed by atoms with E-state index in [-0.39, 0.29) is 0 Å². The minimum absolute atomic E-state index is 0.645. The second-order valence-electron chi connectivity index (χ2n) is 4.20. The molecule has 15 heavy (non-hydrogen) atoms. The summed E-state index contributed by atoms with van der Waals surface area (Å²) in [6, 6.07) is 2.22. The number of aliphatic imine (C=N–C) groups is 1. The first-order valence-corrected chi connectivity index (χ1v) is 5.26. The van der Waals surface area contributed by atoms with Crippen molar-refractivity contribution in [3.63, 3.8) is 0 Å². The normalized spacial score (nSPS) is 11.9. The lowest BCUT2D eigenvalue weighted by atomic mass is 9.94. The Morgan fingerprint density at radius 3 is 2.27 bits per heavy atom. The molecule has 2 N–H and O–H groups in total. The Kier molecular flexibility index (Phi) is 3.51. The van der Waals surface area contributed by atoms with Crippen LogP contribution in [0.2, 0.25) is 0 Å². The molecular weight excluding hydrogens is 184 g/mol. The molecule has 0 fully saturated rings. The van der Waals surface area contributed by atoms with Crippen LogP contribution in [-0.4, -0.2) is 5.84 Å². The molecule has 2 heteroatoms. The molecule has 0 unspecified atom stereocenters. The zero-order valence-corrected chi connectivity index (χ0v) is 10.3. The van der Waals surface area contributed by atoms with Crippen molar-refractivity contribution in [2.75, 3.05) is 0 Å². The number of nitrogens with zero attached hydrogens (tertiary/aromatic N) is 1. The summed E-state index contributed by atoms with van der Waals surface area (Å²) >= 11 is 0. The smallest absolute Gasteiger partial charge is 0.0909 e. The van der Waals surface area contributed by atoms with Gasteiger partial charge in [0.25, 0.3) is 0 Å². The molecule has 82 valence electrons. The van der Waals surface area contributed by atoms with Crippen molar-refractivity contribution in [1.82, 2.24) is 0 Å². The van der Waals surface area contributed by atoms with Crippen LogP contribution in [-0.2, 0) is 6.54 Å². The molecule has 0 heterocycles. The van der Waals surface area contributed by atoms with E-state index >= 15 is 0 Å². The molecule has 0 amide bonds. The van der Waals surface area contributed by atoms with Crippen molar-refractivity contribution in [2.45, 2.75) is 41.2 Å². The van der Waals surface area contributed by atoms with E-state index in [0.717, 1.165) is 0 Å². The molecule has 0 atom stereocenters. The Balaban J connectivity index is 3.18. The maximum Gasteiger partial charge on any atom is 0.0909 e. The van der Waals surface area contributed by atoms with Gasteiger partial charge in [-0.2, -0.15) is 0 Å². The van der Waals surface area contributed by atoms with E-state index in [1.165, 1.54) is 27.8 Å². The number of benzene rings is 1. The molecule has 0 aliphatic heterocycles. The van der Waals surface area contributed by atoms with Gasteiger partial charge in [-0.1, -0.05) is 6.07 Å². The van der Waals surface area contributed by atoms with Crippen LogP contribution in [0.5, 0.6) is 0 Å². The monoisotopic (exact) mass is 204 g/mol. The van der Waals surface area contributed by atoms with Gasteiger partial charge in [0.2, 0.25) is 0 Å². The molecule has 0 spiro atoms. The summed E-state index contributed by atoms with van der Waals surface area (Å²) in [7, 11) is 0. The molecule has 1 rings (SSSR count). The first-order valence-electron chi connectivity index (χ1n) is 5.26. The highest BCUT2D eigenvalue weighted by molar-refractivity contribution is 5.77. The van der Waals surface area contributed by atoms with E-state index in [4.69, 9.17) is 5.73 Å². The first kappa shape index (κ1) is 11.8. The van der Waals surface area contributed by atoms with Gasteiger partial charge in [0.1, 0.15) is 0 Å². The van der Waals surface area contributed by atoms with Gasteiger partial charge < -0.3 is 5.73 Å². The number of aryl methyl sites for hydroxylation is 2. The predicted octanol–water partition coefficient (Wildman–Crippen LogP) is 2.80. The van der Waals surface area contributed by atoms with Crippen molar-refractivity contribution in [1.29, 1.82) is 0 Å². The molecule has 0 aliphatic carbocycles. The number of amidine groups is 1. The Hall–Kier alpha value is -1.31. The third-order valence-electron chi connectivity index (χ3n) is 3.00. The van der Waals surface area contributed by atoms with Crippen molar-refractivity contribution in [3.05, 3.63) is 33.9 Å². The van der Waals surface area contributed by atoms with Gasteiger partial charge >= 0.3 is 0 Å².